The number of benzene rings is 3. The first-order chi connectivity index (χ1) is 20.4. The first kappa shape index (κ1) is 30.8. The molecule has 0 saturated carbocycles. The number of nitrogens with two attached hydrogens (primary N) is 1. The van der Waals surface area contributed by atoms with Gasteiger partial charge in [0.2, 0.25) is 0 Å². The molecule has 1 heterocycles. The number of anilines is 4. The number of carbonyl (C=O) groups excluding carboxylic acids is 3. The molecule has 3 aromatic rings. The van der Waals surface area contributed by atoms with E-state index in [1.54, 1.807) is 19.2 Å². The van der Waals surface area contributed by atoms with Crippen LogP contribution in [0.1, 0.15) is 26.3 Å². The summed E-state index contributed by atoms with van der Waals surface area (Å²) < 4.78 is 49.7. The number of halogens is 3. The fraction of sp³-hybridized carbons (Fsp3) is 0.250. The van der Waals surface area contributed by atoms with E-state index < -0.39 is 45.6 Å². The minimum Gasteiger partial charge on any atom is -0.494 e. The zero-order chi connectivity index (χ0) is 31.5. The van der Waals surface area contributed by atoms with Crippen LogP contribution in [0.2, 0.25) is 0 Å². The molecule has 0 aliphatic carbocycles. The zero-order valence-electron chi connectivity index (χ0n) is 22.9. The molecule has 4 rings (SSSR count). The number of nitrogen functional groups attached to an aromatic ring is 1. The second-order valence-corrected chi connectivity index (χ2v) is 9.30. The van der Waals surface area contributed by atoms with Crippen molar-refractivity contribution in [2.75, 3.05) is 61.3 Å². The van der Waals surface area contributed by atoms with E-state index in [0.717, 1.165) is 31.0 Å². The van der Waals surface area contributed by atoms with Crippen LogP contribution in [-0.2, 0) is 9.53 Å². The lowest BCUT2D eigenvalue weighted by atomic mass is 9.97. The zero-order valence-corrected chi connectivity index (χ0v) is 22.9. The Hall–Kier alpha value is -5.18. The number of methoxy groups -OCH3 is 1. The second kappa shape index (κ2) is 12.4. The Kier molecular flexibility index (Phi) is 8.85. The third kappa shape index (κ3) is 6.21. The topological polar surface area (TPSA) is 157 Å². The van der Waals surface area contributed by atoms with Crippen LogP contribution in [-0.4, -0.2) is 69.2 Å². The molecule has 0 radical (unpaired) electrons. The van der Waals surface area contributed by atoms with E-state index in [1.165, 1.54) is 22.3 Å². The third-order valence-corrected chi connectivity index (χ3v) is 6.75. The lowest BCUT2D eigenvalue weighted by molar-refractivity contribution is -0.384. The van der Waals surface area contributed by atoms with Gasteiger partial charge < -0.3 is 30.3 Å². The van der Waals surface area contributed by atoms with Crippen molar-refractivity contribution >= 4 is 46.0 Å². The molecule has 0 aromatic heterocycles. The Bertz CT molecular complexity index is 1590. The number of rotatable bonds is 8. The summed E-state index contributed by atoms with van der Waals surface area (Å²) in [6.45, 7) is 2.29. The summed E-state index contributed by atoms with van der Waals surface area (Å²) in [6.07, 6.45) is -5.39. The van der Waals surface area contributed by atoms with Crippen LogP contribution in [0.15, 0.2) is 54.6 Å². The highest BCUT2D eigenvalue weighted by Crippen LogP contribution is 2.38. The standard InChI is InChI=1S/C28H26F3N5O7/c1-34(19-7-3-4-8-20(19)35-12-14-43-15-13-35)26(38)16-10-11-18(25(42-2)22(16)32)24(37)17-6-5-9-21(36(40)41)23(17)33-27(39)28(29,30)31/h3-11H,12-15,32H2,1-2H3,(H,33,39). The lowest BCUT2D eigenvalue weighted by Crippen LogP contribution is -2.38. The van der Waals surface area contributed by atoms with Gasteiger partial charge in [-0.25, -0.2) is 0 Å². The molecule has 15 heteroatoms. The van der Waals surface area contributed by atoms with Crippen LogP contribution < -0.4 is 25.6 Å². The predicted octanol–water partition coefficient (Wildman–Crippen LogP) is 4.03. The van der Waals surface area contributed by atoms with Gasteiger partial charge in [-0.15, -0.1) is 0 Å². The predicted molar refractivity (Wildman–Crippen MR) is 151 cm³/mol. The molecule has 0 bridgehead atoms. The average molecular weight is 602 g/mol. The Labute approximate surface area is 242 Å². The molecule has 0 unspecified atom stereocenters. The minimum absolute atomic E-state index is 0.0441. The summed E-state index contributed by atoms with van der Waals surface area (Å²) in [5.74, 6) is -4.40. The molecule has 1 fully saturated rings. The van der Waals surface area contributed by atoms with Gasteiger partial charge in [0.1, 0.15) is 5.69 Å². The number of nitrogens with one attached hydrogen (secondary N) is 1. The lowest BCUT2D eigenvalue weighted by Gasteiger charge is -2.32. The van der Waals surface area contributed by atoms with Crippen molar-refractivity contribution < 1.29 is 42.0 Å². The first-order valence-electron chi connectivity index (χ1n) is 12.7. The van der Waals surface area contributed by atoms with Crippen LogP contribution in [0.4, 0.5) is 41.6 Å². The Morgan fingerprint density at radius 3 is 2.30 bits per heavy atom. The summed E-state index contributed by atoms with van der Waals surface area (Å²) in [7, 11) is 2.71. The SMILES string of the molecule is COc1c(C(=O)c2cccc([N+](=O)[O-])c2NC(=O)C(F)(F)F)ccc(C(=O)N(C)c2ccccc2N2CCOCC2)c1N. The molecule has 0 atom stereocenters. The average Bonchev–Trinajstić information content (AvgIpc) is 2.99. The maximum Gasteiger partial charge on any atom is 0.471 e. The van der Waals surface area contributed by atoms with Crippen molar-refractivity contribution in [2.24, 2.45) is 0 Å². The van der Waals surface area contributed by atoms with Gasteiger partial charge in [-0.2, -0.15) is 13.2 Å². The number of ketones is 1. The van der Waals surface area contributed by atoms with Crippen molar-refractivity contribution in [1.82, 2.24) is 0 Å². The Morgan fingerprint density at radius 2 is 1.67 bits per heavy atom. The van der Waals surface area contributed by atoms with Gasteiger partial charge in [0.15, 0.2) is 11.5 Å². The fourth-order valence-corrected chi connectivity index (χ4v) is 4.64. The van der Waals surface area contributed by atoms with E-state index in [1.807, 2.05) is 12.1 Å². The van der Waals surface area contributed by atoms with Crippen LogP contribution in [0.25, 0.3) is 0 Å². The van der Waals surface area contributed by atoms with Gasteiger partial charge in [-0.3, -0.25) is 24.5 Å². The molecule has 0 spiro atoms. The van der Waals surface area contributed by atoms with Gasteiger partial charge in [-0.1, -0.05) is 18.2 Å². The highest BCUT2D eigenvalue weighted by Gasteiger charge is 2.41. The number of nitrogens with zero attached hydrogens (tertiary/aromatic N) is 3. The highest BCUT2D eigenvalue weighted by atomic mass is 19.4. The second-order valence-electron chi connectivity index (χ2n) is 9.30. The highest BCUT2D eigenvalue weighted by molar-refractivity contribution is 6.19. The number of ether oxygens (including phenoxy) is 2. The van der Waals surface area contributed by atoms with Gasteiger partial charge >= 0.3 is 12.1 Å². The van der Waals surface area contributed by atoms with Crippen molar-refractivity contribution in [3.05, 3.63) is 81.4 Å². The van der Waals surface area contributed by atoms with E-state index in [4.69, 9.17) is 15.2 Å². The molecule has 12 nitrogen and oxygen atoms in total. The molecule has 1 saturated heterocycles. The van der Waals surface area contributed by atoms with E-state index in [9.17, 15) is 37.7 Å². The fourth-order valence-electron chi connectivity index (χ4n) is 4.64. The first-order valence-corrected chi connectivity index (χ1v) is 12.7. The molecular weight excluding hydrogens is 575 g/mol. The number of amides is 2. The van der Waals surface area contributed by atoms with Gasteiger partial charge in [0, 0.05) is 26.2 Å². The summed E-state index contributed by atoms with van der Waals surface area (Å²) in [5, 5.41) is 13.0. The number of carbonyl (C=O) groups is 3. The number of nitro groups is 1. The number of morpholine rings is 1. The van der Waals surface area contributed by atoms with Crippen LogP contribution in [0.5, 0.6) is 5.75 Å². The van der Waals surface area contributed by atoms with Crippen molar-refractivity contribution in [2.45, 2.75) is 6.18 Å². The van der Waals surface area contributed by atoms with Gasteiger partial charge in [-0.05, 0) is 30.3 Å². The molecular formula is C28H26F3N5O7. The van der Waals surface area contributed by atoms with Crippen molar-refractivity contribution in [3.8, 4) is 5.75 Å². The van der Waals surface area contributed by atoms with Crippen molar-refractivity contribution in [1.29, 1.82) is 0 Å². The number of hydrogen-bond acceptors (Lipinski definition) is 9. The van der Waals surface area contributed by atoms with E-state index >= 15 is 0 Å². The molecule has 226 valence electrons. The van der Waals surface area contributed by atoms with E-state index in [-0.39, 0.29) is 22.6 Å². The maximum atomic E-state index is 13.6. The van der Waals surface area contributed by atoms with E-state index in [0.29, 0.717) is 32.0 Å². The van der Waals surface area contributed by atoms with Crippen LogP contribution in [0.3, 0.4) is 0 Å². The molecule has 3 aromatic carbocycles. The summed E-state index contributed by atoms with van der Waals surface area (Å²) in [5.41, 5.74) is 4.52. The summed E-state index contributed by atoms with van der Waals surface area (Å²) in [6, 6.07) is 12.5. The Morgan fingerprint density at radius 1 is 1.02 bits per heavy atom. The normalized spacial score (nSPS) is 13.3. The minimum atomic E-state index is -5.39. The smallest absolute Gasteiger partial charge is 0.471 e. The third-order valence-electron chi connectivity index (χ3n) is 6.75. The van der Waals surface area contributed by atoms with E-state index in [2.05, 4.69) is 4.90 Å². The summed E-state index contributed by atoms with van der Waals surface area (Å²) >= 11 is 0. The largest absolute Gasteiger partial charge is 0.494 e. The molecule has 43 heavy (non-hydrogen) atoms. The molecule has 2 amide bonds. The molecule has 1 aliphatic rings. The summed E-state index contributed by atoms with van der Waals surface area (Å²) in [4.78, 5) is 52.8. The number of nitro benzene ring substituents is 1. The molecule has 3 N–H and O–H groups in total. The molecule has 1 aliphatic heterocycles. The van der Waals surface area contributed by atoms with Crippen LogP contribution in [0, 0.1) is 10.1 Å². The monoisotopic (exact) mass is 601 g/mol. The number of para-hydroxylation sites is 3. The number of alkyl halides is 3. The quantitative estimate of drug-likeness (QED) is 0.168. The number of hydrogen-bond donors (Lipinski definition) is 2. The van der Waals surface area contributed by atoms with Crippen LogP contribution >= 0.6 is 0 Å². The van der Waals surface area contributed by atoms with Crippen molar-refractivity contribution in [3.63, 3.8) is 0 Å². The maximum absolute atomic E-state index is 13.6. The Balaban J connectivity index is 1.73. The van der Waals surface area contributed by atoms with Gasteiger partial charge in [0.05, 0.1) is 59.0 Å². The van der Waals surface area contributed by atoms with Gasteiger partial charge in [0.25, 0.3) is 11.6 Å².